The van der Waals surface area contributed by atoms with E-state index in [2.05, 4.69) is 15.4 Å². The molecule has 0 aliphatic heterocycles. The summed E-state index contributed by atoms with van der Waals surface area (Å²) >= 11 is 1.14. The van der Waals surface area contributed by atoms with E-state index in [-0.39, 0.29) is 27.5 Å². The molecule has 0 fully saturated rings. The number of aryl methyl sites for hydroxylation is 1. The van der Waals surface area contributed by atoms with Crippen molar-refractivity contribution in [2.45, 2.75) is 13.1 Å². The summed E-state index contributed by atoms with van der Waals surface area (Å²) in [4.78, 5) is 30.4. The van der Waals surface area contributed by atoms with Crippen LogP contribution in [0.2, 0.25) is 0 Å². The van der Waals surface area contributed by atoms with Crippen LogP contribution in [0, 0.1) is 6.92 Å². The van der Waals surface area contributed by atoms with Crippen molar-refractivity contribution in [3.63, 3.8) is 0 Å². The molecular weight excluding hydrogens is 493 g/mol. The Kier molecular flexibility index (Phi) is 5.71. The van der Waals surface area contributed by atoms with Crippen LogP contribution in [0.4, 0.5) is 18.2 Å². The lowest BCUT2D eigenvalue weighted by atomic mass is 10.0. The topological polar surface area (TPSA) is 85.6 Å². The number of alkyl halides is 3. The molecule has 0 atom stereocenters. The van der Waals surface area contributed by atoms with Crippen molar-refractivity contribution in [2.75, 3.05) is 12.4 Å². The number of benzene rings is 2. The molecule has 2 aromatic carbocycles. The monoisotopic (exact) mass is 510 g/mol. The molecule has 36 heavy (non-hydrogen) atoms. The van der Waals surface area contributed by atoms with Gasteiger partial charge in [0.05, 0.1) is 24.6 Å². The van der Waals surface area contributed by atoms with E-state index < -0.39 is 23.7 Å². The van der Waals surface area contributed by atoms with Crippen molar-refractivity contribution in [1.82, 2.24) is 14.6 Å². The van der Waals surface area contributed by atoms with E-state index in [0.717, 1.165) is 33.9 Å². The number of ether oxygens (including phenoxy) is 1. The van der Waals surface area contributed by atoms with Crippen molar-refractivity contribution in [2.24, 2.45) is 0 Å². The van der Waals surface area contributed by atoms with E-state index in [1.165, 1.54) is 7.11 Å². The van der Waals surface area contributed by atoms with Crippen LogP contribution in [0.3, 0.4) is 0 Å². The van der Waals surface area contributed by atoms with Gasteiger partial charge in [0.2, 0.25) is 0 Å². The number of anilines is 1. The predicted octanol–water partition coefficient (Wildman–Crippen LogP) is 5.98. The average Bonchev–Trinajstić information content (AvgIpc) is 3.45. The van der Waals surface area contributed by atoms with Gasteiger partial charge in [-0.1, -0.05) is 42.5 Å². The zero-order valence-corrected chi connectivity index (χ0v) is 19.7. The fourth-order valence-corrected chi connectivity index (χ4v) is 4.85. The van der Waals surface area contributed by atoms with Gasteiger partial charge in [0.15, 0.2) is 11.3 Å². The number of carbonyl (C=O) groups is 2. The van der Waals surface area contributed by atoms with Crippen LogP contribution in [-0.2, 0) is 10.9 Å². The number of hydrogen-bond acceptors (Lipinski definition) is 6. The number of carbonyl (C=O) groups excluding carboxylic acids is 2. The molecule has 0 radical (unpaired) electrons. The second-order valence-corrected chi connectivity index (χ2v) is 9.15. The number of methoxy groups -OCH3 is 1. The summed E-state index contributed by atoms with van der Waals surface area (Å²) in [5.74, 6) is -1.40. The van der Waals surface area contributed by atoms with Gasteiger partial charge in [-0.15, -0.1) is 11.3 Å². The summed E-state index contributed by atoms with van der Waals surface area (Å²) < 4.78 is 47.4. The summed E-state index contributed by atoms with van der Waals surface area (Å²) in [5, 5.41) is 8.16. The first-order valence-electron chi connectivity index (χ1n) is 10.6. The van der Waals surface area contributed by atoms with Gasteiger partial charge in [-0.05, 0) is 29.8 Å². The van der Waals surface area contributed by atoms with Crippen molar-refractivity contribution >= 4 is 44.6 Å². The summed E-state index contributed by atoms with van der Waals surface area (Å²) in [6.45, 7) is 1.75. The average molecular weight is 510 g/mol. The third-order valence-electron chi connectivity index (χ3n) is 5.56. The second-order valence-electron chi connectivity index (χ2n) is 7.89. The Hall–Kier alpha value is -4.25. The lowest BCUT2D eigenvalue weighted by Gasteiger charge is -2.13. The van der Waals surface area contributed by atoms with Crippen LogP contribution >= 0.6 is 11.3 Å². The molecule has 1 amide bonds. The Morgan fingerprint density at radius 1 is 1.06 bits per heavy atom. The zero-order valence-electron chi connectivity index (χ0n) is 18.9. The minimum Gasteiger partial charge on any atom is -0.465 e. The smallest absolute Gasteiger partial charge is 0.433 e. The fourth-order valence-electron chi connectivity index (χ4n) is 3.95. The van der Waals surface area contributed by atoms with E-state index >= 15 is 0 Å². The molecular formula is C25H17F3N4O3S. The van der Waals surface area contributed by atoms with Gasteiger partial charge in [0.1, 0.15) is 10.6 Å². The highest BCUT2D eigenvalue weighted by atomic mass is 32.1. The summed E-state index contributed by atoms with van der Waals surface area (Å²) in [6.07, 6.45) is -3.73. The first-order chi connectivity index (χ1) is 17.2. The molecule has 5 rings (SSSR count). The van der Waals surface area contributed by atoms with Crippen molar-refractivity contribution in [3.8, 4) is 11.3 Å². The first-order valence-corrected chi connectivity index (χ1v) is 11.4. The van der Waals surface area contributed by atoms with Crippen molar-refractivity contribution in [3.05, 3.63) is 82.5 Å². The third-order valence-corrected chi connectivity index (χ3v) is 6.53. The highest BCUT2D eigenvalue weighted by Gasteiger charge is 2.36. The van der Waals surface area contributed by atoms with Gasteiger partial charge in [-0.2, -0.15) is 18.3 Å². The van der Waals surface area contributed by atoms with Crippen molar-refractivity contribution in [1.29, 1.82) is 0 Å². The Bertz CT molecular complexity index is 1650. The van der Waals surface area contributed by atoms with Gasteiger partial charge >= 0.3 is 12.1 Å². The van der Waals surface area contributed by atoms with Gasteiger partial charge in [0.25, 0.3) is 5.91 Å². The number of amides is 1. The third kappa shape index (κ3) is 4.07. The van der Waals surface area contributed by atoms with E-state index in [1.54, 1.807) is 37.3 Å². The number of nitrogens with zero attached hydrogens (tertiary/aromatic N) is 3. The number of esters is 1. The minimum absolute atomic E-state index is 0.0448. The fraction of sp³-hybridized carbons (Fsp3) is 0.120. The van der Waals surface area contributed by atoms with Gasteiger partial charge < -0.3 is 10.1 Å². The molecule has 0 bridgehead atoms. The Morgan fingerprint density at radius 2 is 1.81 bits per heavy atom. The van der Waals surface area contributed by atoms with Gasteiger partial charge in [0, 0.05) is 10.4 Å². The molecule has 0 aliphatic rings. The van der Waals surface area contributed by atoms with E-state index in [4.69, 9.17) is 4.74 Å². The lowest BCUT2D eigenvalue weighted by Crippen LogP contribution is -2.16. The van der Waals surface area contributed by atoms with Crippen LogP contribution in [0.15, 0.2) is 60.8 Å². The molecule has 1 N–H and O–H groups in total. The molecule has 11 heteroatoms. The SMILES string of the molecule is COC(=O)c1cc(C)sc1NC(=O)c1cnn2c(C(F)(F)F)cc(-c3cccc4ccccc34)nc12. The quantitative estimate of drug-likeness (QED) is 0.301. The maximum atomic E-state index is 14.0. The van der Waals surface area contributed by atoms with Crippen LogP contribution in [0.5, 0.6) is 0 Å². The van der Waals surface area contributed by atoms with Crippen LogP contribution in [0.1, 0.15) is 31.3 Å². The molecule has 3 heterocycles. The number of thiophene rings is 1. The standard InChI is InChI=1S/C25H17F3N4O3S/c1-13-10-17(24(34)35-2)23(36-13)31-22(33)18-12-29-32-20(25(26,27)28)11-19(30-21(18)32)16-9-5-7-14-6-3-4-8-15(14)16/h3-12H,1-2H3,(H,31,33). The molecule has 3 aromatic heterocycles. The summed E-state index contributed by atoms with van der Waals surface area (Å²) in [7, 11) is 1.21. The number of hydrogen-bond donors (Lipinski definition) is 1. The molecule has 0 aliphatic carbocycles. The molecule has 0 spiro atoms. The zero-order chi connectivity index (χ0) is 25.6. The predicted molar refractivity (Wildman–Crippen MR) is 129 cm³/mol. The minimum atomic E-state index is -4.76. The largest absolute Gasteiger partial charge is 0.465 e. The first kappa shape index (κ1) is 23.5. The Morgan fingerprint density at radius 3 is 2.56 bits per heavy atom. The lowest BCUT2D eigenvalue weighted by molar-refractivity contribution is -0.142. The van der Waals surface area contributed by atoms with Crippen LogP contribution in [0.25, 0.3) is 27.7 Å². The maximum absolute atomic E-state index is 14.0. The molecule has 182 valence electrons. The highest BCUT2D eigenvalue weighted by molar-refractivity contribution is 7.16. The van der Waals surface area contributed by atoms with Crippen LogP contribution < -0.4 is 5.32 Å². The Balaban J connectivity index is 1.67. The summed E-state index contributed by atoms with van der Waals surface area (Å²) in [6, 6.07) is 15.0. The van der Waals surface area contributed by atoms with E-state index in [0.29, 0.717) is 15.5 Å². The van der Waals surface area contributed by atoms with Crippen LogP contribution in [-0.4, -0.2) is 33.6 Å². The number of nitrogens with one attached hydrogen (secondary N) is 1. The second kappa shape index (κ2) is 8.76. The summed E-state index contributed by atoms with van der Waals surface area (Å²) in [5.41, 5.74) is -0.844. The normalized spacial score (nSPS) is 11.7. The number of halogens is 3. The van der Waals surface area contributed by atoms with Gasteiger partial charge in [-0.25, -0.2) is 14.3 Å². The van der Waals surface area contributed by atoms with Crippen molar-refractivity contribution < 1.29 is 27.5 Å². The molecule has 7 nitrogen and oxygen atoms in total. The maximum Gasteiger partial charge on any atom is 0.433 e. The molecule has 0 saturated carbocycles. The van der Waals surface area contributed by atoms with E-state index in [1.807, 2.05) is 18.2 Å². The Labute approximate surface area is 206 Å². The number of fused-ring (bicyclic) bond motifs is 2. The number of aromatic nitrogens is 3. The molecule has 0 saturated heterocycles. The van der Waals surface area contributed by atoms with E-state index in [9.17, 15) is 22.8 Å². The molecule has 0 unspecified atom stereocenters. The number of rotatable bonds is 4. The highest BCUT2D eigenvalue weighted by Crippen LogP contribution is 2.35. The molecule has 5 aromatic rings. The van der Waals surface area contributed by atoms with Gasteiger partial charge in [-0.3, -0.25) is 4.79 Å².